The molecule has 2 saturated heterocycles. The molecule has 11 heteroatoms. The van der Waals surface area contributed by atoms with Crippen LogP contribution < -0.4 is 11.2 Å². The van der Waals surface area contributed by atoms with Gasteiger partial charge in [-0.05, 0) is 22.2 Å². The second kappa shape index (κ2) is 9.50. The van der Waals surface area contributed by atoms with Crippen molar-refractivity contribution in [3.63, 3.8) is 0 Å². The van der Waals surface area contributed by atoms with Crippen LogP contribution in [0.3, 0.4) is 0 Å². The van der Waals surface area contributed by atoms with Crippen molar-refractivity contribution in [2.45, 2.75) is 102 Å². The molecule has 2 fully saturated rings. The lowest BCUT2D eigenvalue weighted by Crippen LogP contribution is -2.69. The Morgan fingerprint density at radius 2 is 1.65 bits per heavy atom. The van der Waals surface area contributed by atoms with Crippen LogP contribution in [0.15, 0.2) is 21.9 Å². The average Bonchev–Trinajstić information content (AvgIpc) is 2.98. The van der Waals surface area contributed by atoms with Crippen molar-refractivity contribution < 1.29 is 22.8 Å². The average molecular weight is 511 g/mol. The fraction of sp³-hybridized carbons (Fsp3) is 0.739. The number of hydrogen-bond acceptors (Lipinski definition) is 7. The van der Waals surface area contributed by atoms with Gasteiger partial charge in [-0.1, -0.05) is 61.3 Å². The summed E-state index contributed by atoms with van der Waals surface area (Å²) in [4.78, 5) is 26.3. The maximum absolute atomic E-state index is 12.5. The summed E-state index contributed by atoms with van der Waals surface area (Å²) >= 11 is 0. The number of H-pyrrole nitrogens is 1. The monoisotopic (exact) mass is 510 g/mol. The fourth-order valence-electron chi connectivity index (χ4n) is 5.23. The van der Waals surface area contributed by atoms with E-state index in [9.17, 15) is 14.7 Å². The topological polar surface area (TPSA) is 112 Å². The summed E-state index contributed by atoms with van der Waals surface area (Å²) in [5.74, 6) is 2.68. The van der Waals surface area contributed by atoms with Crippen molar-refractivity contribution >= 4 is 17.1 Å². The normalized spacial score (nSPS) is 30.9. The number of aromatic nitrogens is 2. The number of fused-ring (bicyclic) bond motifs is 1. The van der Waals surface area contributed by atoms with E-state index in [4.69, 9.17) is 24.1 Å². The number of aliphatic hydroxyl groups excluding tert-OH is 1. The van der Waals surface area contributed by atoms with Crippen molar-refractivity contribution in [1.29, 1.82) is 0 Å². The van der Waals surface area contributed by atoms with Crippen LogP contribution in [-0.2, 0) is 17.7 Å². The van der Waals surface area contributed by atoms with E-state index >= 15 is 0 Å². The number of aliphatic hydroxyl groups is 1. The number of nitrogens with one attached hydrogen (secondary N) is 1. The SMILES string of the molecule is C#C[C@@]12O[Si](C(C)C)(C(C)C)O[Si](C(C)C)(C(C)C)OC[C@H]1O[C@@H](n1ccc(=O)[nH]c1=O)[C@@H]2O. The molecule has 2 N–H and O–H groups in total. The van der Waals surface area contributed by atoms with E-state index in [1.54, 1.807) is 0 Å². The predicted octanol–water partition coefficient (Wildman–Crippen LogP) is 2.75. The second-order valence-corrected chi connectivity index (χ2v) is 19.3. The molecule has 2 aliphatic heterocycles. The highest BCUT2D eigenvalue weighted by Crippen LogP contribution is 2.51. The van der Waals surface area contributed by atoms with Gasteiger partial charge in [0.2, 0.25) is 0 Å². The second-order valence-electron chi connectivity index (χ2n) is 10.5. The summed E-state index contributed by atoms with van der Waals surface area (Å²) in [5.41, 5.74) is -2.60. The van der Waals surface area contributed by atoms with Crippen LogP contribution in [0.2, 0.25) is 22.2 Å². The third kappa shape index (κ3) is 4.09. The van der Waals surface area contributed by atoms with Crippen molar-refractivity contribution in [3.8, 4) is 12.3 Å². The van der Waals surface area contributed by atoms with Crippen LogP contribution in [0.1, 0.15) is 61.6 Å². The molecule has 3 rings (SSSR count). The number of rotatable bonds is 5. The first-order valence-electron chi connectivity index (χ1n) is 11.9. The molecule has 0 spiro atoms. The van der Waals surface area contributed by atoms with Gasteiger partial charge in [-0.2, -0.15) is 0 Å². The highest BCUT2D eigenvalue weighted by molar-refractivity contribution is 6.84. The minimum Gasteiger partial charge on any atom is -0.414 e. The van der Waals surface area contributed by atoms with Crippen LogP contribution in [0.5, 0.6) is 0 Å². The van der Waals surface area contributed by atoms with Gasteiger partial charge in [-0.25, -0.2) is 4.79 Å². The first kappa shape index (κ1) is 27.1. The first-order valence-corrected chi connectivity index (χ1v) is 15.9. The lowest BCUT2D eigenvalue weighted by atomic mass is 9.93. The van der Waals surface area contributed by atoms with Gasteiger partial charge in [0.1, 0.15) is 12.2 Å². The summed E-state index contributed by atoms with van der Waals surface area (Å²) in [6, 6.07) is 1.19. The number of terminal acetylenes is 1. The minimum atomic E-state index is -3.15. The zero-order valence-corrected chi connectivity index (χ0v) is 23.3. The number of hydrogen-bond donors (Lipinski definition) is 2. The third-order valence-corrected chi connectivity index (χ3v) is 17.4. The predicted molar refractivity (Wildman–Crippen MR) is 133 cm³/mol. The molecule has 1 aromatic rings. The van der Waals surface area contributed by atoms with Crippen molar-refractivity contribution in [3.05, 3.63) is 33.1 Å². The molecule has 4 atom stereocenters. The quantitative estimate of drug-likeness (QED) is 0.463. The third-order valence-electron chi connectivity index (χ3n) is 7.17. The lowest BCUT2D eigenvalue weighted by Gasteiger charge is -2.53. The zero-order chi connectivity index (χ0) is 25.6. The fourth-order valence-corrected chi connectivity index (χ4v) is 16.5. The molecule has 2 aliphatic rings. The van der Waals surface area contributed by atoms with Crippen molar-refractivity contribution in [2.75, 3.05) is 6.61 Å². The molecule has 9 nitrogen and oxygen atoms in total. The van der Waals surface area contributed by atoms with Crippen LogP contribution in [0, 0.1) is 12.3 Å². The van der Waals surface area contributed by atoms with Crippen molar-refractivity contribution in [2.24, 2.45) is 0 Å². The Kier molecular flexibility index (Phi) is 7.56. The summed E-state index contributed by atoms with van der Waals surface area (Å²) in [6.07, 6.45) is 3.96. The van der Waals surface area contributed by atoms with Crippen LogP contribution in [-0.4, -0.2) is 56.2 Å². The van der Waals surface area contributed by atoms with Gasteiger partial charge in [0.05, 0.1) is 6.61 Å². The molecular weight excluding hydrogens is 472 g/mol. The summed E-state index contributed by atoms with van der Waals surface area (Å²) in [6.45, 7) is 16.7. The van der Waals surface area contributed by atoms with Gasteiger partial charge in [0.15, 0.2) is 11.8 Å². The van der Waals surface area contributed by atoms with E-state index in [2.05, 4.69) is 66.3 Å². The Bertz CT molecular complexity index is 1030. The van der Waals surface area contributed by atoms with Crippen LogP contribution in [0.25, 0.3) is 0 Å². The van der Waals surface area contributed by atoms with Gasteiger partial charge in [0.25, 0.3) is 5.56 Å². The van der Waals surface area contributed by atoms with E-state index < -0.39 is 52.4 Å². The molecule has 0 radical (unpaired) electrons. The summed E-state index contributed by atoms with van der Waals surface area (Å²) in [5, 5.41) is 11.5. The van der Waals surface area contributed by atoms with Gasteiger partial charge < -0.3 is 22.8 Å². The molecule has 0 bridgehead atoms. The zero-order valence-electron chi connectivity index (χ0n) is 21.3. The molecule has 0 aromatic carbocycles. The van der Waals surface area contributed by atoms with Gasteiger partial charge in [-0.15, -0.1) is 6.42 Å². The maximum atomic E-state index is 12.5. The number of nitrogens with zero attached hydrogens (tertiary/aromatic N) is 1. The molecule has 0 aliphatic carbocycles. The number of ether oxygens (including phenoxy) is 1. The maximum Gasteiger partial charge on any atom is 0.336 e. The molecule has 0 amide bonds. The van der Waals surface area contributed by atoms with E-state index in [1.165, 1.54) is 12.3 Å². The molecule has 3 heterocycles. The smallest absolute Gasteiger partial charge is 0.336 e. The Morgan fingerprint density at radius 1 is 1.09 bits per heavy atom. The Balaban J connectivity index is 2.21. The van der Waals surface area contributed by atoms with Crippen LogP contribution >= 0.6 is 0 Å². The van der Waals surface area contributed by atoms with E-state index in [0.29, 0.717) is 0 Å². The highest BCUT2D eigenvalue weighted by Gasteiger charge is 2.67. The largest absolute Gasteiger partial charge is 0.414 e. The van der Waals surface area contributed by atoms with E-state index in [-0.39, 0.29) is 28.8 Å². The summed E-state index contributed by atoms with van der Waals surface area (Å²) < 4.78 is 28.1. The first-order chi connectivity index (χ1) is 15.8. The van der Waals surface area contributed by atoms with Gasteiger partial charge in [0, 0.05) is 12.3 Å². The highest BCUT2D eigenvalue weighted by atomic mass is 28.5. The van der Waals surface area contributed by atoms with Crippen LogP contribution in [0.4, 0.5) is 0 Å². The molecule has 190 valence electrons. The Morgan fingerprint density at radius 3 is 2.12 bits per heavy atom. The molecule has 0 saturated carbocycles. The molecule has 0 unspecified atom stereocenters. The van der Waals surface area contributed by atoms with Crippen molar-refractivity contribution in [1.82, 2.24) is 9.55 Å². The molecule has 34 heavy (non-hydrogen) atoms. The number of aromatic amines is 1. The van der Waals surface area contributed by atoms with E-state index in [0.717, 1.165) is 4.57 Å². The Labute approximate surface area is 203 Å². The lowest BCUT2D eigenvalue weighted by molar-refractivity contribution is -0.0756. The van der Waals surface area contributed by atoms with Gasteiger partial charge >= 0.3 is 22.8 Å². The van der Waals surface area contributed by atoms with E-state index in [1.807, 2.05) is 0 Å². The minimum absolute atomic E-state index is 0.00787. The standard InChI is InChI=1S/C23H38N2O7Si2/c1-10-23-18(30-21(20(23)27)25-12-11-19(26)24-22(25)28)13-29-33(14(2)3,15(4)5)32-34(31-23,16(6)7)17(8)9/h1,11-12,14-18,20-21,27H,13H2,2-9H3,(H,24,26,28)/t18-,20+,21-,23-/m1/s1. The molecule has 1 aromatic heterocycles. The summed E-state index contributed by atoms with van der Waals surface area (Å²) in [7, 11) is -5.98. The van der Waals surface area contributed by atoms with Gasteiger partial charge in [-0.3, -0.25) is 14.3 Å². The molecular formula is C23H38N2O7Si2. The Hall–Kier alpha value is -1.53.